The van der Waals surface area contributed by atoms with Gasteiger partial charge in [-0.2, -0.15) is 0 Å². The second-order valence-corrected chi connectivity index (χ2v) is 6.40. The third kappa shape index (κ3) is 2.76. The number of nitrogens with two attached hydrogens (primary N) is 1. The van der Waals surface area contributed by atoms with Crippen molar-refractivity contribution in [3.8, 4) is 0 Å². The van der Waals surface area contributed by atoms with Crippen molar-refractivity contribution in [2.75, 3.05) is 29.5 Å². The van der Waals surface area contributed by atoms with Crippen LogP contribution in [-0.2, 0) is 9.84 Å². The van der Waals surface area contributed by atoms with Crippen molar-refractivity contribution in [3.05, 3.63) is 29.8 Å². The number of nitrogens with zero attached hydrogens (tertiary/aromatic N) is 1. The average molecular weight is 253 g/mol. The third-order valence-electron chi connectivity index (χ3n) is 2.89. The first-order valence-electron chi connectivity index (χ1n) is 5.38. The summed E-state index contributed by atoms with van der Waals surface area (Å²) in [5, 5.41) is 7.29. The van der Waals surface area contributed by atoms with Gasteiger partial charge in [0, 0.05) is 24.3 Å². The largest absolute Gasteiger partial charge is 0.384 e. The molecular formula is C11H15N3O2S. The molecule has 0 amide bonds. The van der Waals surface area contributed by atoms with Crippen LogP contribution in [0.4, 0.5) is 5.69 Å². The van der Waals surface area contributed by atoms with E-state index < -0.39 is 9.84 Å². The number of sulfone groups is 1. The van der Waals surface area contributed by atoms with Crippen molar-refractivity contribution in [1.29, 1.82) is 5.41 Å². The molecule has 0 saturated carbocycles. The number of amidine groups is 1. The zero-order valence-electron chi connectivity index (χ0n) is 9.39. The first kappa shape index (κ1) is 11.9. The van der Waals surface area contributed by atoms with Gasteiger partial charge in [0.05, 0.1) is 11.5 Å². The fraction of sp³-hybridized carbons (Fsp3) is 0.364. The fourth-order valence-corrected chi connectivity index (χ4v) is 3.02. The SMILES string of the molecule is N=C(N)c1ccc(N2CCS(=O)(=O)CC2)cc1. The average Bonchev–Trinajstić information content (AvgIpc) is 2.29. The molecule has 1 aliphatic heterocycles. The van der Waals surface area contributed by atoms with Crippen LogP contribution >= 0.6 is 0 Å². The van der Waals surface area contributed by atoms with Crippen LogP contribution in [-0.4, -0.2) is 38.8 Å². The normalized spacial score (nSPS) is 18.9. The lowest BCUT2D eigenvalue weighted by atomic mass is 10.2. The van der Waals surface area contributed by atoms with Crippen molar-refractivity contribution in [1.82, 2.24) is 0 Å². The van der Waals surface area contributed by atoms with E-state index in [1.54, 1.807) is 12.1 Å². The second-order valence-electron chi connectivity index (χ2n) is 4.10. The molecule has 0 atom stereocenters. The minimum Gasteiger partial charge on any atom is -0.384 e. The first-order chi connectivity index (χ1) is 7.98. The van der Waals surface area contributed by atoms with E-state index in [-0.39, 0.29) is 17.3 Å². The molecule has 0 spiro atoms. The Bertz CT molecular complexity index is 508. The standard InChI is InChI=1S/C11H15N3O2S/c12-11(13)9-1-3-10(4-2-9)14-5-7-17(15,16)8-6-14/h1-4H,5-8H2,(H3,12,13). The molecule has 0 aliphatic carbocycles. The molecule has 92 valence electrons. The van der Waals surface area contributed by atoms with Crippen LogP contribution in [0.15, 0.2) is 24.3 Å². The molecule has 1 aromatic carbocycles. The summed E-state index contributed by atoms with van der Waals surface area (Å²) in [6, 6.07) is 7.30. The molecule has 1 heterocycles. The van der Waals surface area contributed by atoms with Crippen molar-refractivity contribution in [2.45, 2.75) is 0 Å². The predicted octanol–water partition coefficient (Wildman–Crippen LogP) is 0.205. The second kappa shape index (κ2) is 4.37. The van der Waals surface area contributed by atoms with Crippen LogP contribution in [0.2, 0.25) is 0 Å². The predicted molar refractivity (Wildman–Crippen MR) is 68.3 cm³/mol. The van der Waals surface area contributed by atoms with Crippen LogP contribution in [0.3, 0.4) is 0 Å². The molecule has 5 nitrogen and oxygen atoms in total. The molecule has 1 fully saturated rings. The maximum atomic E-state index is 11.3. The van der Waals surface area contributed by atoms with E-state index in [1.165, 1.54) is 0 Å². The van der Waals surface area contributed by atoms with Crippen LogP contribution < -0.4 is 10.6 Å². The molecule has 17 heavy (non-hydrogen) atoms. The zero-order valence-corrected chi connectivity index (χ0v) is 10.2. The third-order valence-corrected chi connectivity index (χ3v) is 4.50. The summed E-state index contributed by atoms with van der Waals surface area (Å²) in [6.07, 6.45) is 0. The van der Waals surface area contributed by atoms with Gasteiger partial charge in [0.2, 0.25) is 0 Å². The highest BCUT2D eigenvalue weighted by Crippen LogP contribution is 2.17. The minimum atomic E-state index is -2.84. The molecule has 1 aliphatic rings. The number of nitrogen functional groups attached to an aromatic ring is 1. The molecule has 2 rings (SSSR count). The number of hydrogen-bond donors (Lipinski definition) is 2. The van der Waals surface area contributed by atoms with Gasteiger partial charge in [-0.05, 0) is 24.3 Å². The van der Waals surface area contributed by atoms with E-state index in [4.69, 9.17) is 11.1 Å². The molecule has 0 aromatic heterocycles. The van der Waals surface area contributed by atoms with Crippen LogP contribution in [0.5, 0.6) is 0 Å². The summed E-state index contributed by atoms with van der Waals surface area (Å²) in [6.45, 7) is 1.06. The highest BCUT2D eigenvalue weighted by molar-refractivity contribution is 7.91. The van der Waals surface area contributed by atoms with Gasteiger partial charge >= 0.3 is 0 Å². The monoisotopic (exact) mass is 253 g/mol. The van der Waals surface area contributed by atoms with E-state index in [0.29, 0.717) is 18.7 Å². The van der Waals surface area contributed by atoms with Crippen molar-refractivity contribution < 1.29 is 8.42 Å². The van der Waals surface area contributed by atoms with Gasteiger partial charge in [-0.25, -0.2) is 8.42 Å². The Morgan fingerprint density at radius 3 is 2.18 bits per heavy atom. The zero-order chi connectivity index (χ0) is 12.5. The van der Waals surface area contributed by atoms with Gasteiger partial charge in [-0.15, -0.1) is 0 Å². The number of anilines is 1. The fourth-order valence-electron chi connectivity index (χ4n) is 1.82. The van der Waals surface area contributed by atoms with Crippen LogP contribution in [0, 0.1) is 5.41 Å². The van der Waals surface area contributed by atoms with Gasteiger partial charge in [0.15, 0.2) is 9.84 Å². The van der Waals surface area contributed by atoms with E-state index in [0.717, 1.165) is 5.69 Å². The summed E-state index contributed by atoms with van der Waals surface area (Å²) >= 11 is 0. The summed E-state index contributed by atoms with van der Waals surface area (Å²) in [4.78, 5) is 2.03. The van der Waals surface area contributed by atoms with Crippen molar-refractivity contribution in [2.24, 2.45) is 5.73 Å². The highest BCUT2D eigenvalue weighted by Gasteiger charge is 2.21. The number of hydrogen-bond acceptors (Lipinski definition) is 4. The Morgan fingerprint density at radius 1 is 1.18 bits per heavy atom. The highest BCUT2D eigenvalue weighted by atomic mass is 32.2. The molecule has 6 heteroatoms. The van der Waals surface area contributed by atoms with E-state index in [9.17, 15) is 8.42 Å². The Labute approximate surface area is 101 Å². The van der Waals surface area contributed by atoms with Gasteiger partial charge < -0.3 is 10.6 Å². The van der Waals surface area contributed by atoms with E-state index in [1.807, 2.05) is 17.0 Å². The van der Waals surface area contributed by atoms with Gasteiger partial charge in [0.1, 0.15) is 5.84 Å². The maximum Gasteiger partial charge on any atom is 0.153 e. The lowest BCUT2D eigenvalue weighted by Crippen LogP contribution is -2.40. The van der Waals surface area contributed by atoms with Crippen LogP contribution in [0.1, 0.15) is 5.56 Å². The number of benzene rings is 1. The molecule has 3 N–H and O–H groups in total. The van der Waals surface area contributed by atoms with Crippen LogP contribution in [0.25, 0.3) is 0 Å². The number of rotatable bonds is 2. The Kier molecular flexibility index (Phi) is 3.06. The lowest BCUT2D eigenvalue weighted by molar-refractivity contribution is 0.587. The molecule has 0 bridgehead atoms. The molecular weight excluding hydrogens is 238 g/mol. The molecule has 0 unspecified atom stereocenters. The first-order valence-corrected chi connectivity index (χ1v) is 7.20. The van der Waals surface area contributed by atoms with Gasteiger partial charge in [0.25, 0.3) is 0 Å². The number of nitrogens with one attached hydrogen (secondary N) is 1. The lowest BCUT2D eigenvalue weighted by Gasteiger charge is -2.28. The molecule has 1 saturated heterocycles. The smallest absolute Gasteiger partial charge is 0.153 e. The van der Waals surface area contributed by atoms with E-state index in [2.05, 4.69) is 0 Å². The Balaban J connectivity index is 2.11. The van der Waals surface area contributed by atoms with Gasteiger partial charge in [-0.1, -0.05) is 0 Å². The van der Waals surface area contributed by atoms with Crippen molar-refractivity contribution in [3.63, 3.8) is 0 Å². The van der Waals surface area contributed by atoms with E-state index >= 15 is 0 Å². The Morgan fingerprint density at radius 2 is 1.71 bits per heavy atom. The summed E-state index contributed by atoms with van der Waals surface area (Å²) in [5.74, 6) is 0.459. The topological polar surface area (TPSA) is 87.2 Å². The molecule has 1 aromatic rings. The maximum absolute atomic E-state index is 11.3. The summed E-state index contributed by atoms with van der Waals surface area (Å²) in [7, 11) is -2.84. The van der Waals surface area contributed by atoms with Crippen molar-refractivity contribution >= 4 is 21.4 Å². The minimum absolute atomic E-state index is 0.0396. The molecule has 0 radical (unpaired) electrons. The van der Waals surface area contributed by atoms with Gasteiger partial charge in [-0.3, -0.25) is 5.41 Å². The summed E-state index contributed by atoms with van der Waals surface area (Å²) in [5.41, 5.74) is 7.02. The summed E-state index contributed by atoms with van der Waals surface area (Å²) < 4.78 is 22.6. The Hall–Kier alpha value is -1.56. The quantitative estimate of drug-likeness (QED) is 0.582.